The number of hydrogen-bond acceptors (Lipinski definition) is 6. The largest absolute Gasteiger partial charge is 0.371 e. The summed E-state index contributed by atoms with van der Waals surface area (Å²) in [4.78, 5) is 2.19. The first-order chi connectivity index (χ1) is 10.9. The third-order valence-electron chi connectivity index (χ3n) is 4.48. The first-order valence-corrected chi connectivity index (χ1v) is 9.29. The van der Waals surface area contributed by atoms with Crippen molar-refractivity contribution in [1.82, 2.24) is 5.16 Å². The molecule has 7 nitrogen and oxygen atoms in total. The molecular weight excluding hydrogens is 318 g/mol. The Morgan fingerprint density at radius 3 is 2.78 bits per heavy atom. The van der Waals surface area contributed by atoms with Crippen LogP contribution in [0.5, 0.6) is 0 Å². The molecule has 1 aromatic carbocycles. The van der Waals surface area contributed by atoms with Crippen molar-refractivity contribution < 1.29 is 17.7 Å². The molecule has 2 fully saturated rings. The molecule has 0 amide bonds. The van der Waals surface area contributed by atoms with Crippen molar-refractivity contribution in [2.75, 3.05) is 18.0 Å². The van der Waals surface area contributed by atoms with Crippen molar-refractivity contribution in [2.45, 2.75) is 36.9 Å². The monoisotopic (exact) mass is 337 g/mol. The number of fused-ring (bicyclic) bond motifs is 1. The van der Waals surface area contributed by atoms with Crippen molar-refractivity contribution in [3.8, 4) is 0 Å². The van der Waals surface area contributed by atoms with Gasteiger partial charge in [0.2, 0.25) is 10.0 Å². The number of morpholine rings is 1. The molecule has 0 spiro atoms. The van der Waals surface area contributed by atoms with Crippen LogP contribution in [0.1, 0.15) is 19.8 Å². The van der Waals surface area contributed by atoms with E-state index in [0.29, 0.717) is 29.2 Å². The Morgan fingerprint density at radius 1 is 1.30 bits per heavy atom. The van der Waals surface area contributed by atoms with Crippen LogP contribution in [0.25, 0.3) is 11.0 Å². The summed E-state index contributed by atoms with van der Waals surface area (Å²) < 4.78 is 34.5. The summed E-state index contributed by atoms with van der Waals surface area (Å²) in [6.45, 7) is 3.49. The number of benzene rings is 1. The van der Waals surface area contributed by atoms with Crippen LogP contribution in [0.2, 0.25) is 0 Å². The van der Waals surface area contributed by atoms with Gasteiger partial charge in [-0.15, -0.1) is 0 Å². The van der Waals surface area contributed by atoms with Crippen LogP contribution in [0.15, 0.2) is 27.6 Å². The maximum atomic E-state index is 11.6. The van der Waals surface area contributed by atoms with Gasteiger partial charge in [-0.3, -0.25) is 0 Å². The summed E-state index contributed by atoms with van der Waals surface area (Å²) in [5, 5.41) is 10.0. The molecule has 0 radical (unpaired) electrons. The van der Waals surface area contributed by atoms with Gasteiger partial charge in [-0.25, -0.2) is 13.6 Å². The van der Waals surface area contributed by atoms with Gasteiger partial charge in [-0.2, -0.15) is 0 Å². The Morgan fingerprint density at radius 2 is 2.09 bits per heavy atom. The number of ether oxygens (including phenoxy) is 1. The average molecular weight is 337 g/mol. The number of anilines is 1. The molecule has 0 unspecified atom stereocenters. The van der Waals surface area contributed by atoms with E-state index in [9.17, 15) is 8.42 Å². The molecule has 2 atom stereocenters. The Kier molecular flexibility index (Phi) is 3.36. The van der Waals surface area contributed by atoms with E-state index in [1.807, 2.05) is 6.92 Å². The van der Waals surface area contributed by atoms with Crippen LogP contribution < -0.4 is 10.0 Å². The molecule has 1 aliphatic heterocycles. The van der Waals surface area contributed by atoms with Crippen molar-refractivity contribution in [3.63, 3.8) is 0 Å². The number of aromatic nitrogens is 1. The molecule has 2 aliphatic rings. The zero-order valence-electron chi connectivity index (χ0n) is 12.8. The number of nitrogens with zero attached hydrogens (tertiary/aromatic N) is 2. The van der Waals surface area contributed by atoms with Crippen molar-refractivity contribution in [2.24, 2.45) is 11.1 Å². The molecule has 0 bridgehead atoms. The highest BCUT2D eigenvalue weighted by Gasteiger charge is 2.38. The maximum Gasteiger partial charge on any atom is 0.238 e. The van der Waals surface area contributed by atoms with E-state index in [4.69, 9.17) is 14.4 Å². The van der Waals surface area contributed by atoms with Crippen LogP contribution in [0.4, 0.5) is 5.82 Å². The van der Waals surface area contributed by atoms with Crippen molar-refractivity contribution in [3.05, 3.63) is 18.2 Å². The van der Waals surface area contributed by atoms with Gasteiger partial charge in [0.05, 0.1) is 22.5 Å². The summed E-state index contributed by atoms with van der Waals surface area (Å²) in [7, 11) is -3.76. The average Bonchev–Trinajstić information content (AvgIpc) is 3.25. The zero-order valence-corrected chi connectivity index (χ0v) is 13.6. The second-order valence-electron chi connectivity index (χ2n) is 6.44. The minimum atomic E-state index is -3.76. The molecule has 124 valence electrons. The minimum absolute atomic E-state index is 0.0644. The third-order valence-corrected chi connectivity index (χ3v) is 5.39. The van der Waals surface area contributed by atoms with Crippen LogP contribution in [-0.4, -0.2) is 38.9 Å². The van der Waals surface area contributed by atoms with E-state index in [-0.39, 0.29) is 17.1 Å². The number of rotatable bonds is 3. The Labute approximate surface area is 134 Å². The maximum absolute atomic E-state index is 11.6. The fourth-order valence-electron chi connectivity index (χ4n) is 3.20. The van der Waals surface area contributed by atoms with Crippen molar-refractivity contribution in [1.29, 1.82) is 0 Å². The highest BCUT2D eigenvalue weighted by molar-refractivity contribution is 7.89. The highest BCUT2D eigenvalue weighted by atomic mass is 32.2. The smallest absolute Gasteiger partial charge is 0.238 e. The first kappa shape index (κ1) is 14.9. The van der Waals surface area contributed by atoms with E-state index in [0.717, 1.165) is 6.54 Å². The van der Waals surface area contributed by atoms with Gasteiger partial charge in [-0.05, 0) is 43.9 Å². The van der Waals surface area contributed by atoms with Gasteiger partial charge in [0, 0.05) is 13.1 Å². The second-order valence-corrected chi connectivity index (χ2v) is 8.00. The van der Waals surface area contributed by atoms with Crippen LogP contribution in [-0.2, 0) is 14.8 Å². The number of primary sulfonamides is 1. The van der Waals surface area contributed by atoms with E-state index in [1.54, 1.807) is 6.07 Å². The van der Waals surface area contributed by atoms with E-state index < -0.39 is 10.0 Å². The molecule has 2 N–H and O–H groups in total. The first-order valence-electron chi connectivity index (χ1n) is 7.74. The molecule has 2 heterocycles. The lowest BCUT2D eigenvalue weighted by molar-refractivity contribution is -0.0274. The minimum Gasteiger partial charge on any atom is -0.371 e. The summed E-state index contributed by atoms with van der Waals surface area (Å²) in [5.41, 5.74) is 0.550. The molecule has 1 saturated carbocycles. The molecule has 1 saturated heterocycles. The van der Waals surface area contributed by atoms with E-state index in [2.05, 4.69) is 10.1 Å². The van der Waals surface area contributed by atoms with E-state index in [1.165, 1.54) is 25.0 Å². The van der Waals surface area contributed by atoms with Gasteiger partial charge in [0.1, 0.15) is 0 Å². The molecule has 4 rings (SSSR count). The topological polar surface area (TPSA) is 98.7 Å². The van der Waals surface area contributed by atoms with Crippen molar-refractivity contribution >= 4 is 26.8 Å². The van der Waals surface area contributed by atoms with E-state index >= 15 is 0 Å². The molecule has 23 heavy (non-hydrogen) atoms. The lowest BCUT2D eigenvalue weighted by atomic mass is 10.1. The Bertz CT molecular complexity index is 844. The van der Waals surface area contributed by atoms with Crippen LogP contribution in [0.3, 0.4) is 0 Å². The molecule has 2 aromatic rings. The lowest BCUT2D eigenvalue weighted by Gasteiger charge is -2.37. The number of hydrogen-bond donors (Lipinski definition) is 1. The zero-order chi connectivity index (χ0) is 16.2. The molecule has 1 aromatic heterocycles. The van der Waals surface area contributed by atoms with Gasteiger partial charge in [0.25, 0.3) is 0 Å². The van der Waals surface area contributed by atoms with Gasteiger partial charge in [-0.1, -0.05) is 5.16 Å². The number of nitrogens with two attached hydrogens (primary N) is 1. The fraction of sp³-hybridized carbons (Fsp3) is 0.533. The summed E-state index contributed by atoms with van der Waals surface area (Å²) in [6.07, 6.45) is 2.72. The quantitative estimate of drug-likeness (QED) is 0.911. The molecule has 1 aliphatic carbocycles. The van der Waals surface area contributed by atoms with Gasteiger partial charge >= 0.3 is 0 Å². The summed E-state index contributed by atoms with van der Waals surface area (Å²) in [6, 6.07) is 4.55. The van der Waals surface area contributed by atoms with Crippen LogP contribution in [0, 0.1) is 5.92 Å². The molecular formula is C15H19N3O4S. The Balaban J connectivity index is 1.72. The predicted octanol–water partition coefficient (Wildman–Crippen LogP) is 1.48. The predicted molar refractivity (Wildman–Crippen MR) is 84.7 cm³/mol. The van der Waals surface area contributed by atoms with Crippen LogP contribution >= 0.6 is 0 Å². The summed E-state index contributed by atoms with van der Waals surface area (Å²) in [5.74, 6) is 1.28. The van der Waals surface area contributed by atoms with Gasteiger partial charge < -0.3 is 14.2 Å². The standard InChI is InChI=1S/C15H19N3O4S/c1-9-7-18(8-14(21-9)10-2-3-10)15-12-6-11(23(16,19)20)4-5-13(12)22-17-15/h4-6,9-10,14H,2-3,7-8H2,1H3,(H2,16,19,20)/t9-,14-/m0/s1. The third kappa shape index (κ3) is 2.82. The number of sulfonamides is 1. The highest BCUT2D eigenvalue weighted by Crippen LogP contribution is 2.38. The van der Waals surface area contributed by atoms with Gasteiger partial charge in [0.15, 0.2) is 11.4 Å². The normalized spacial score (nSPS) is 25.9. The summed E-state index contributed by atoms with van der Waals surface area (Å²) >= 11 is 0. The second kappa shape index (κ2) is 5.19. The fourth-order valence-corrected chi connectivity index (χ4v) is 3.74. The SMILES string of the molecule is C[C@H]1CN(c2noc3ccc(S(N)(=O)=O)cc23)C[C@@H](C2CC2)O1. The lowest BCUT2D eigenvalue weighted by Crippen LogP contribution is -2.47. The Hall–Kier alpha value is -1.64. The molecule has 8 heteroatoms.